The maximum absolute atomic E-state index is 13.2. The molecule has 1 saturated heterocycles. The molecule has 1 aromatic carbocycles. The van der Waals surface area contributed by atoms with E-state index < -0.39 is 0 Å². The summed E-state index contributed by atoms with van der Waals surface area (Å²) in [7, 11) is 0. The highest BCUT2D eigenvalue weighted by Crippen LogP contribution is 2.31. The quantitative estimate of drug-likeness (QED) is 0.902. The Morgan fingerprint density at radius 2 is 2.21 bits per heavy atom. The first-order valence-electron chi connectivity index (χ1n) is 6.94. The SMILES string of the molecule is C[C@@H](N[C@H]1CC(=O)N(C2CC2)C1)c1cccc(F)c1. The Balaban J connectivity index is 1.61. The third kappa shape index (κ3) is 2.78. The van der Waals surface area contributed by atoms with Crippen LogP contribution in [0.2, 0.25) is 0 Å². The van der Waals surface area contributed by atoms with Crippen molar-refractivity contribution in [3.8, 4) is 0 Å². The zero-order valence-corrected chi connectivity index (χ0v) is 11.1. The smallest absolute Gasteiger partial charge is 0.224 e. The van der Waals surface area contributed by atoms with Gasteiger partial charge in [-0.15, -0.1) is 0 Å². The lowest BCUT2D eigenvalue weighted by atomic mass is 10.1. The number of benzene rings is 1. The lowest BCUT2D eigenvalue weighted by Gasteiger charge is -2.20. The third-order valence-electron chi connectivity index (χ3n) is 3.98. The van der Waals surface area contributed by atoms with Crippen molar-refractivity contribution in [2.45, 2.75) is 44.3 Å². The van der Waals surface area contributed by atoms with E-state index in [1.54, 1.807) is 12.1 Å². The predicted molar refractivity (Wildman–Crippen MR) is 71.1 cm³/mol. The average molecular weight is 262 g/mol. The van der Waals surface area contributed by atoms with Crippen molar-refractivity contribution >= 4 is 5.91 Å². The highest BCUT2D eigenvalue weighted by Gasteiger charge is 2.39. The van der Waals surface area contributed by atoms with E-state index >= 15 is 0 Å². The van der Waals surface area contributed by atoms with Gasteiger partial charge in [0.1, 0.15) is 5.82 Å². The molecule has 2 fully saturated rings. The maximum atomic E-state index is 13.2. The molecule has 1 aliphatic carbocycles. The Morgan fingerprint density at radius 3 is 2.89 bits per heavy atom. The fourth-order valence-corrected chi connectivity index (χ4v) is 2.81. The minimum absolute atomic E-state index is 0.0626. The number of halogens is 1. The van der Waals surface area contributed by atoms with Crippen LogP contribution in [0.25, 0.3) is 0 Å². The summed E-state index contributed by atoms with van der Waals surface area (Å²) in [6.45, 7) is 2.81. The van der Waals surface area contributed by atoms with Gasteiger partial charge < -0.3 is 10.2 Å². The maximum Gasteiger partial charge on any atom is 0.224 e. The summed E-state index contributed by atoms with van der Waals surface area (Å²) < 4.78 is 13.2. The van der Waals surface area contributed by atoms with Crippen molar-refractivity contribution in [3.05, 3.63) is 35.6 Å². The normalized spacial score (nSPS) is 24.8. The van der Waals surface area contributed by atoms with Gasteiger partial charge >= 0.3 is 0 Å². The van der Waals surface area contributed by atoms with E-state index in [1.165, 1.54) is 6.07 Å². The Morgan fingerprint density at radius 1 is 1.42 bits per heavy atom. The van der Waals surface area contributed by atoms with Gasteiger partial charge in [-0.05, 0) is 37.5 Å². The van der Waals surface area contributed by atoms with Gasteiger partial charge in [0.15, 0.2) is 0 Å². The van der Waals surface area contributed by atoms with Crippen molar-refractivity contribution in [3.63, 3.8) is 0 Å². The molecule has 1 N–H and O–H groups in total. The molecule has 2 aliphatic rings. The molecule has 3 nitrogen and oxygen atoms in total. The number of carbonyl (C=O) groups is 1. The summed E-state index contributed by atoms with van der Waals surface area (Å²) in [5.41, 5.74) is 0.928. The molecule has 1 heterocycles. The van der Waals surface area contributed by atoms with E-state index in [-0.39, 0.29) is 23.8 Å². The van der Waals surface area contributed by atoms with Crippen LogP contribution in [0.3, 0.4) is 0 Å². The lowest BCUT2D eigenvalue weighted by Crippen LogP contribution is -2.35. The van der Waals surface area contributed by atoms with Crippen molar-refractivity contribution in [1.29, 1.82) is 0 Å². The Labute approximate surface area is 112 Å². The van der Waals surface area contributed by atoms with Crippen LogP contribution in [0.15, 0.2) is 24.3 Å². The van der Waals surface area contributed by atoms with Gasteiger partial charge in [0.05, 0.1) is 0 Å². The molecule has 0 aromatic heterocycles. The molecule has 4 heteroatoms. The first-order valence-corrected chi connectivity index (χ1v) is 6.94. The van der Waals surface area contributed by atoms with Crippen LogP contribution in [0.5, 0.6) is 0 Å². The minimum Gasteiger partial charge on any atom is -0.338 e. The molecule has 0 bridgehead atoms. The molecule has 3 rings (SSSR count). The van der Waals surface area contributed by atoms with Gasteiger partial charge in [-0.1, -0.05) is 12.1 Å². The molecule has 1 aliphatic heterocycles. The van der Waals surface area contributed by atoms with E-state index in [4.69, 9.17) is 0 Å². The van der Waals surface area contributed by atoms with Gasteiger partial charge in [-0.2, -0.15) is 0 Å². The summed E-state index contributed by atoms with van der Waals surface area (Å²) in [4.78, 5) is 13.9. The zero-order chi connectivity index (χ0) is 13.4. The van der Waals surface area contributed by atoms with E-state index in [9.17, 15) is 9.18 Å². The first kappa shape index (κ1) is 12.6. The highest BCUT2D eigenvalue weighted by molar-refractivity contribution is 5.80. The second-order valence-electron chi connectivity index (χ2n) is 5.62. The summed E-state index contributed by atoms with van der Waals surface area (Å²) in [6.07, 6.45) is 2.87. The van der Waals surface area contributed by atoms with Crippen LogP contribution >= 0.6 is 0 Å². The molecule has 102 valence electrons. The van der Waals surface area contributed by atoms with Crippen LogP contribution in [0.1, 0.15) is 37.8 Å². The van der Waals surface area contributed by atoms with Crippen molar-refractivity contribution in [1.82, 2.24) is 10.2 Å². The van der Waals surface area contributed by atoms with Gasteiger partial charge in [0, 0.05) is 31.1 Å². The molecule has 1 aromatic rings. The van der Waals surface area contributed by atoms with Crippen molar-refractivity contribution in [2.75, 3.05) is 6.54 Å². The molecule has 1 amide bonds. The average Bonchev–Trinajstić information content (AvgIpc) is 3.14. The van der Waals surface area contributed by atoms with Gasteiger partial charge in [-0.3, -0.25) is 4.79 Å². The van der Waals surface area contributed by atoms with E-state index in [0.29, 0.717) is 12.5 Å². The Bertz CT molecular complexity index is 487. The monoisotopic (exact) mass is 262 g/mol. The number of rotatable bonds is 4. The van der Waals surface area contributed by atoms with Crippen molar-refractivity contribution in [2.24, 2.45) is 0 Å². The molecular formula is C15H19FN2O. The summed E-state index contributed by atoms with van der Waals surface area (Å²) >= 11 is 0. The highest BCUT2D eigenvalue weighted by atomic mass is 19.1. The summed E-state index contributed by atoms with van der Waals surface area (Å²) in [5, 5.41) is 3.44. The molecule has 0 unspecified atom stereocenters. The molecule has 19 heavy (non-hydrogen) atoms. The predicted octanol–water partition coefficient (Wildman–Crippen LogP) is 2.24. The van der Waals surface area contributed by atoms with Crippen LogP contribution in [-0.2, 0) is 4.79 Å². The summed E-state index contributed by atoms with van der Waals surface area (Å²) in [5.74, 6) is 0.0414. The van der Waals surface area contributed by atoms with Crippen LogP contribution in [-0.4, -0.2) is 29.4 Å². The fourth-order valence-electron chi connectivity index (χ4n) is 2.81. The first-order chi connectivity index (χ1) is 9.13. The zero-order valence-electron chi connectivity index (χ0n) is 11.1. The standard InChI is InChI=1S/C15H19FN2O/c1-10(11-3-2-4-12(16)7-11)17-13-8-15(19)18(9-13)14-5-6-14/h2-4,7,10,13-14,17H,5-6,8-9H2,1H3/t10-,13+/m1/s1. The number of nitrogens with one attached hydrogen (secondary N) is 1. The van der Waals surface area contributed by atoms with E-state index in [1.807, 2.05) is 17.9 Å². The molecular weight excluding hydrogens is 243 g/mol. The van der Waals surface area contributed by atoms with Crippen molar-refractivity contribution < 1.29 is 9.18 Å². The second-order valence-corrected chi connectivity index (χ2v) is 5.62. The number of hydrogen-bond acceptors (Lipinski definition) is 2. The number of likely N-dealkylation sites (tertiary alicyclic amines) is 1. The molecule has 2 atom stereocenters. The number of hydrogen-bond donors (Lipinski definition) is 1. The van der Waals surface area contributed by atoms with Crippen LogP contribution in [0, 0.1) is 5.82 Å². The molecule has 0 spiro atoms. The summed E-state index contributed by atoms with van der Waals surface area (Å²) in [6, 6.07) is 7.37. The van der Waals surface area contributed by atoms with Gasteiger partial charge in [-0.25, -0.2) is 4.39 Å². The van der Waals surface area contributed by atoms with Gasteiger partial charge in [0.2, 0.25) is 5.91 Å². The van der Waals surface area contributed by atoms with E-state index in [2.05, 4.69) is 5.32 Å². The van der Waals surface area contributed by atoms with Crippen LogP contribution < -0.4 is 5.32 Å². The topological polar surface area (TPSA) is 32.3 Å². The number of carbonyl (C=O) groups excluding carboxylic acids is 1. The Kier molecular flexibility index (Phi) is 3.27. The Hall–Kier alpha value is -1.42. The third-order valence-corrected chi connectivity index (χ3v) is 3.98. The fraction of sp³-hybridized carbons (Fsp3) is 0.533. The number of amides is 1. The van der Waals surface area contributed by atoms with Crippen LogP contribution in [0.4, 0.5) is 4.39 Å². The largest absolute Gasteiger partial charge is 0.338 e. The molecule has 0 radical (unpaired) electrons. The minimum atomic E-state index is -0.215. The van der Waals surface area contributed by atoms with Gasteiger partial charge in [0.25, 0.3) is 0 Å². The molecule has 1 saturated carbocycles. The number of nitrogens with zero attached hydrogens (tertiary/aromatic N) is 1. The second kappa shape index (κ2) is 4.93. The lowest BCUT2D eigenvalue weighted by molar-refractivity contribution is -0.128. The van der Waals surface area contributed by atoms with E-state index in [0.717, 1.165) is 24.9 Å².